The maximum atomic E-state index is 12.0. The minimum Gasteiger partial charge on any atom is -0.345 e. The molecule has 0 aliphatic rings. The smallest absolute Gasteiger partial charge is 0.225 e. The lowest BCUT2D eigenvalue weighted by Crippen LogP contribution is -2.49. The Morgan fingerprint density at radius 3 is 2.21 bits per heavy atom. The average molecular weight is 261 g/mol. The Morgan fingerprint density at radius 1 is 1.16 bits per heavy atom. The van der Waals surface area contributed by atoms with Gasteiger partial charge in [-0.25, -0.2) is 0 Å². The summed E-state index contributed by atoms with van der Waals surface area (Å²) in [6.45, 7) is 7.72. The van der Waals surface area contributed by atoms with Crippen molar-refractivity contribution in [1.82, 2.24) is 5.32 Å². The van der Waals surface area contributed by atoms with Gasteiger partial charge in [0.05, 0.1) is 12.5 Å². The van der Waals surface area contributed by atoms with Crippen LogP contribution in [0.25, 0.3) is 0 Å². The summed E-state index contributed by atoms with van der Waals surface area (Å²) < 4.78 is 0. The second kappa shape index (κ2) is 6.50. The molecule has 1 rings (SSSR count). The number of nitrogens with one attached hydrogen (secondary N) is 1. The molecule has 0 aromatic heterocycles. The normalized spacial score (nSPS) is 12.8. The van der Waals surface area contributed by atoms with Gasteiger partial charge in [0.2, 0.25) is 5.91 Å². The van der Waals surface area contributed by atoms with E-state index in [2.05, 4.69) is 5.32 Å². The number of rotatable bonds is 5. The zero-order chi connectivity index (χ0) is 14.5. The van der Waals surface area contributed by atoms with Crippen LogP contribution in [0.1, 0.15) is 39.7 Å². The third-order valence-electron chi connectivity index (χ3n) is 3.05. The number of amides is 1. The molecule has 0 bridgehead atoms. The SMILES string of the molecule is CCC(=O)C(NC(=O)Cc1ccccc1)C(C)(C)C. The first-order valence-electron chi connectivity index (χ1n) is 6.70. The van der Waals surface area contributed by atoms with Gasteiger partial charge in [-0.15, -0.1) is 0 Å². The number of carbonyl (C=O) groups excluding carboxylic acids is 2. The van der Waals surface area contributed by atoms with Gasteiger partial charge in [0.1, 0.15) is 0 Å². The lowest BCUT2D eigenvalue weighted by atomic mass is 9.83. The molecule has 0 heterocycles. The summed E-state index contributed by atoms with van der Waals surface area (Å²) in [5.41, 5.74) is 0.691. The molecule has 1 N–H and O–H groups in total. The molecule has 0 saturated carbocycles. The number of carbonyl (C=O) groups is 2. The highest BCUT2D eigenvalue weighted by Crippen LogP contribution is 2.21. The van der Waals surface area contributed by atoms with E-state index in [1.165, 1.54) is 0 Å². The van der Waals surface area contributed by atoms with E-state index in [9.17, 15) is 9.59 Å². The van der Waals surface area contributed by atoms with Gasteiger partial charge in [0.25, 0.3) is 0 Å². The van der Waals surface area contributed by atoms with Crippen LogP contribution in [-0.4, -0.2) is 17.7 Å². The molecule has 0 radical (unpaired) electrons. The van der Waals surface area contributed by atoms with Crippen molar-refractivity contribution in [3.8, 4) is 0 Å². The molecule has 0 aliphatic heterocycles. The largest absolute Gasteiger partial charge is 0.345 e. The van der Waals surface area contributed by atoms with Crippen LogP contribution in [-0.2, 0) is 16.0 Å². The summed E-state index contributed by atoms with van der Waals surface area (Å²) in [7, 11) is 0. The molecule has 1 unspecified atom stereocenters. The molecule has 0 fully saturated rings. The van der Waals surface area contributed by atoms with Crippen molar-refractivity contribution in [3.63, 3.8) is 0 Å². The maximum Gasteiger partial charge on any atom is 0.225 e. The molecule has 0 aliphatic carbocycles. The third-order valence-corrected chi connectivity index (χ3v) is 3.05. The number of benzene rings is 1. The van der Waals surface area contributed by atoms with Crippen molar-refractivity contribution in [1.29, 1.82) is 0 Å². The molecule has 0 spiro atoms. The minimum absolute atomic E-state index is 0.0777. The zero-order valence-electron chi connectivity index (χ0n) is 12.2. The first kappa shape index (κ1) is 15.4. The van der Waals surface area contributed by atoms with Crippen LogP contribution in [0.5, 0.6) is 0 Å². The number of ketones is 1. The van der Waals surface area contributed by atoms with E-state index in [0.29, 0.717) is 12.8 Å². The minimum atomic E-state index is -0.422. The Bertz CT molecular complexity index is 432. The number of hydrogen-bond donors (Lipinski definition) is 1. The molecular weight excluding hydrogens is 238 g/mol. The highest BCUT2D eigenvalue weighted by Gasteiger charge is 2.31. The first-order chi connectivity index (χ1) is 8.84. The molecule has 104 valence electrons. The Hall–Kier alpha value is -1.64. The quantitative estimate of drug-likeness (QED) is 0.886. The van der Waals surface area contributed by atoms with Crippen LogP contribution >= 0.6 is 0 Å². The van der Waals surface area contributed by atoms with Crippen LogP contribution in [0.3, 0.4) is 0 Å². The second-order valence-corrected chi connectivity index (χ2v) is 5.85. The molecule has 1 atom stereocenters. The molecular formula is C16H23NO2. The maximum absolute atomic E-state index is 12.0. The molecule has 1 aromatic carbocycles. The van der Waals surface area contributed by atoms with Crippen molar-refractivity contribution in [2.75, 3.05) is 0 Å². The lowest BCUT2D eigenvalue weighted by molar-refractivity contribution is -0.129. The number of hydrogen-bond acceptors (Lipinski definition) is 2. The summed E-state index contributed by atoms with van der Waals surface area (Å²) in [5, 5.41) is 2.87. The van der Waals surface area contributed by atoms with Crippen LogP contribution < -0.4 is 5.32 Å². The summed E-state index contributed by atoms with van der Waals surface area (Å²) in [4.78, 5) is 24.0. The van der Waals surface area contributed by atoms with Gasteiger partial charge >= 0.3 is 0 Å². The fraction of sp³-hybridized carbons (Fsp3) is 0.500. The van der Waals surface area contributed by atoms with Gasteiger partial charge in [-0.2, -0.15) is 0 Å². The van der Waals surface area contributed by atoms with Gasteiger partial charge < -0.3 is 5.32 Å². The van der Waals surface area contributed by atoms with Crippen LogP contribution in [0.15, 0.2) is 30.3 Å². The highest BCUT2D eigenvalue weighted by molar-refractivity contribution is 5.90. The van der Waals surface area contributed by atoms with E-state index in [1.54, 1.807) is 0 Å². The van der Waals surface area contributed by atoms with Crippen LogP contribution in [0.4, 0.5) is 0 Å². The molecule has 0 saturated heterocycles. The summed E-state index contributed by atoms with van der Waals surface area (Å²) in [5.74, 6) is -0.0261. The summed E-state index contributed by atoms with van der Waals surface area (Å²) >= 11 is 0. The highest BCUT2D eigenvalue weighted by atomic mass is 16.2. The van der Waals surface area contributed by atoms with E-state index in [-0.39, 0.29) is 17.1 Å². The Kier molecular flexibility index (Phi) is 5.28. The Balaban J connectivity index is 2.70. The van der Waals surface area contributed by atoms with Crippen LogP contribution in [0.2, 0.25) is 0 Å². The summed E-state index contributed by atoms with van der Waals surface area (Å²) in [6.07, 6.45) is 0.748. The standard InChI is InChI=1S/C16H23NO2/c1-5-13(18)15(16(2,3)4)17-14(19)11-12-9-7-6-8-10-12/h6-10,15H,5,11H2,1-4H3,(H,17,19). The van der Waals surface area contributed by atoms with E-state index in [1.807, 2.05) is 58.0 Å². The van der Waals surface area contributed by atoms with Crippen molar-refractivity contribution in [2.45, 2.75) is 46.6 Å². The fourth-order valence-electron chi connectivity index (χ4n) is 1.98. The van der Waals surface area contributed by atoms with Gasteiger partial charge in [0, 0.05) is 6.42 Å². The van der Waals surface area contributed by atoms with E-state index < -0.39 is 6.04 Å². The third kappa shape index (κ3) is 4.86. The fourth-order valence-corrected chi connectivity index (χ4v) is 1.98. The predicted molar refractivity (Wildman–Crippen MR) is 76.8 cm³/mol. The van der Waals surface area contributed by atoms with Crippen LogP contribution in [0, 0.1) is 5.41 Å². The summed E-state index contributed by atoms with van der Waals surface area (Å²) in [6, 6.07) is 9.12. The Labute approximate surface area is 115 Å². The Morgan fingerprint density at radius 2 is 1.74 bits per heavy atom. The van der Waals surface area contributed by atoms with Gasteiger partial charge in [-0.05, 0) is 11.0 Å². The topological polar surface area (TPSA) is 46.2 Å². The van der Waals surface area contributed by atoms with Crippen molar-refractivity contribution >= 4 is 11.7 Å². The lowest BCUT2D eigenvalue weighted by Gasteiger charge is -2.30. The molecule has 1 amide bonds. The van der Waals surface area contributed by atoms with Gasteiger partial charge in [-0.1, -0.05) is 58.0 Å². The first-order valence-corrected chi connectivity index (χ1v) is 6.70. The zero-order valence-corrected chi connectivity index (χ0v) is 12.2. The molecule has 19 heavy (non-hydrogen) atoms. The van der Waals surface area contributed by atoms with Gasteiger partial charge in [0.15, 0.2) is 5.78 Å². The van der Waals surface area contributed by atoms with E-state index in [0.717, 1.165) is 5.56 Å². The van der Waals surface area contributed by atoms with Crippen molar-refractivity contribution in [3.05, 3.63) is 35.9 Å². The monoisotopic (exact) mass is 261 g/mol. The second-order valence-electron chi connectivity index (χ2n) is 5.85. The van der Waals surface area contributed by atoms with Gasteiger partial charge in [-0.3, -0.25) is 9.59 Å². The van der Waals surface area contributed by atoms with Crippen molar-refractivity contribution < 1.29 is 9.59 Å². The van der Waals surface area contributed by atoms with E-state index >= 15 is 0 Å². The van der Waals surface area contributed by atoms with E-state index in [4.69, 9.17) is 0 Å². The van der Waals surface area contributed by atoms with Crippen molar-refractivity contribution in [2.24, 2.45) is 5.41 Å². The molecule has 3 heteroatoms. The molecule has 1 aromatic rings. The molecule has 3 nitrogen and oxygen atoms in total. The number of Topliss-reactive ketones (excluding diaryl/α,β-unsaturated/α-hetero) is 1. The predicted octanol–water partition coefficient (Wildman–Crippen LogP) is 2.74. The average Bonchev–Trinajstić information content (AvgIpc) is 2.35.